The van der Waals surface area contributed by atoms with Crippen molar-refractivity contribution in [2.45, 2.75) is 25.8 Å². The van der Waals surface area contributed by atoms with Crippen molar-refractivity contribution in [1.82, 2.24) is 34.7 Å². The fraction of sp³-hybridized carbons (Fsp3) is 0.185. The van der Waals surface area contributed by atoms with Crippen LogP contribution in [0.1, 0.15) is 29.7 Å². The number of aromatic nitrogens is 7. The number of nitrogens with zero attached hydrogens (tertiary/aromatic N) is 7. The average molecular weight is 543 g/mol. The highest BCUT2D eigenvalue weighted by molar-refractivity contribution is 6.31. The van der Waals surface area contributed by atoms with Crippen LogP contribution in [-0.2, 0) is 6.42 Å². The standard InChI is InChI=1S/C27H23ClN8O3/c1-15-25(16-3-6-19(7-4-16)34(2)27(38)39)31-26(30-15)23-10-8-20-11-17(12-24(37)36(20)23)21-13-18(28)5-9-22(21)35-14-29-32-33-35/h3-7,9,11-14,23H,8,10H2,1-2H3,(H,30,31)(H,38,39)/t23-/m0/s1. The van der Waals surface area contributed by atoms with Crippen molar-refractivity contribution in [2.75, 3.05) is 11.9 Å². The van der Waals surface area contributed by atoms with Gasteiger partial charge in [0.25, 0.3) is 5.56 Å². The van der Waals surface area contributed by atoms with Gasteiger partial charge in [0.2, 0.25) is 0 Å². The summed E-state index contributed by atoms with van der Waals surface area (Å²) in [7, 11) is 1.49. The van der Waals surface area contributed by atoms with Crippen LogP contribution in [0.4, 0.5) is 10.5 Å². The molecule has 3 aromatic heterocycles. The minimum absolute atomic E-state index is 0.135. The number of hydrogen-bond donors (Lipinski definition) is 2. The number of carboxylic acid groups (broad SMARTS) is 1. The second-order valence-corrected chi connectivity index (χ2v) is 9.83. The molecule has 2 aromatic carbocycles. The zero-order valence-corrected chi connectivity index (χ0v) is 21.8. The smallest absolute Gasteiger partial charge is 0.411 e. The molecule has 39 heavy (non-hydrogen) atoms. The topological polar surface area (TPSA) is 135 Å². The molecule has 0 radical (unpaired) electrons. The number of H-pyrrole nitrogens is 1. The summed E-state index contributed by atoms with van der Waals surface area (Å²) in [5.74, 6) is 0.708. The van der Waals surface area contributed by atoms with Crippen molar-refractivity contribution >= 4 is 23.4 Å². The minimum atomic E-state index is -1.03. The van der Waals surface area contributed by atoms with Gasteiger partial charge in [0.05, 0.1) is 17.4 Å². The Balaban J connectivity index is 1.35. The highest BCUT2D eigenvalue weighted by atomic mass is 35.5. The molecule has 196 valence electrons. The van der Waals surface area contributed by atoms with Crippen molar-refractivity contribution in [3.63, 3.8) is 0 Å². The Morgan fingerprint density at radius 2 is 1.92 bits per heavy atom. The molecule has 2 N–H and O–H groups in total. The van der Waals surface area contributed by atoms with E-state index in [1.807, 2.05) is 31.2 Å². The van der Waals surface area contributed by atoms with Crippen LogP contribution in [0.5, 0.6) is 0 Å². The number of pyridine rings is 1. The second kappa shape index (κ2) is 9.52. The van der Waals surface area contributed by atoms with Crippen LogP contribution in [0.2, 0.25) is 5.02 Å². The molecule has 1 aliphatic heterocycles. The summed E-state index contributed by atoms with van der Waals surface area (Å²) in [6.07, 6.45) is 1.90. The molecule has 0 unspecified atom stereocenters. The number of anilines is 1. The van der Waals surface area contributed by atoms with Crippen molar-refractivity contribution in [3.05, 3.63) is 93.5 Å². The molecule has 0 aliphatic carbocycles. The van der Waals surface area contributed by atoms with Crippen LogP contribution in [0.25, 0.3) is 28.1 Å². The molecule has 1 atom stereocenters. The lowest BCUT2D eigenvalue weighted by Gasteiger charge is -2.15. The summed E-state index contributed by atoms with van der Waals surface area (Å²) in [5, 5.41) is 21.2. The first-order valence-electron chi connectivity index (χ1n) is 12.2. The van der Waals surface area contributed by atoms with Crippen LogP contribution in [0.15, 0.2) is 65.7 Å². The van der Waals surface area contributed by atoms with Crippen LogP contribution in [-0.4, -0.2) is 53.0 Å². The van der Waals surface area contributed by atoms with Crippen LogP contribution < -0.4 is 10.5 Å². The molecule has 12 heteroatoms. The van der Waals surface area contributed by atoms with Gasteiger partial charge in [0, 0.05) is 46.3 Å². The molecule has 1 aliphatic rings. The van der Waals surface area contributed by atoms with E-state index in [9.17, 15) is 14.7 Å². The average Bonchev–Trinajstić information content (AvgIpc) is 3.68. The summed E-state index contributed by atoms with van der Waals surface area (Å²) < 4.78 is 3.33. The number of rotatable bonds is 5. The number of nitrogens with one attached hydrogen (secondary N) is 1. The number of carbonyl (C=O) groups is 1. The number of aromatic amines is 1. The predicted molar refractivity (Wildman–Crippen MR) is 146 cm³/mol. The third-order valence-electron chi connectivity index (χ3n) is 7.03. The van der Waals surface area contributed by atoms with E-state index in [0.717, 1.165) is 50.8 Å². The summed E-state index contributed by atoms with van der Waals surface area (Å²) in [6.45, 7) is 1.94. The van der Waals surface area contributed by atoms with Gasteiger partial charge in [-0.15, -0.1) is 5.10 Å². The Bertz CT molecular complexity index is 1760. The van der Waals surface area contributed by atoms with Gasteiger partial charge in [-0.3, -0.25) is 9.69 Å². The normalized spacial score (nSPS) is 14.4. The fourth-order valence-electron chi connectivity index (χ4n) is 5.10. The molecule has 6 rings (SSSR count). The van der Waals surface area contributed by atoms with Gasteiger partial charge in [0.1, 0.15) is 12.2 Å². The van der Waals surface area contributed by atoms with Crippen molar-refractivity contribution in [1.29, 1.82) is 0 Å². The Hall–Kier alpha value is -4.77. The molecule has 0 fully saturated rings. The van der Waals surface area contributed by atoms with Gasteiger partial charge in [-0.05, 0) is 72.2 Å². The summed E-state index contributed by atoms with van der Waals surface area (Å²) in [6, 6.07) is 15.9. The Morgan fingerprint density at radius 1 is 1.13 bits per heavy atom. The molecule has 4 heterocycles. The highest BCUT2D eigenvalue weighted by Crippen LogP contribution is 2.35. The molecular formula is C27H23ClN8O3. The molecular weight excluding hydrogens is 520 g/mol. The number of aryl methyl sites for hydroxylation is 2. The van der Waals surface area contributed by atoms with E-state index in [1.54, 1.807) is 39.6 Å². The summed E-state index contributed by atoms with van der Waals surface area (Å²) in [4.78, 5) is 34.1. The Morgan fingerprint density at radius 3 is 2.64 bits per heavy atom. The molecule has 0 bridgehead atoms. The van der Waals surface area contributed by atoms with E-state index in [4.69, 9.17) is 16.6 Å². The molecule has 0 saturated heterocycles. The lowest BCUT2D eigenvalue weighted by atomic mass is 10.0. The lowest BCUT2D eigenvalue weighted by molar-refractivity contribution is 0.203. The number of benzene rings is 2. The predicted octanol–water partition coefficient (Wildman–Crippen LogP) is 4.49. The van der Waals surface area contributed by atoms with Gasteiger partial charge in [0.15, 0.2) is 0 Å². The first-order chi connectivity index (χ1) is 18.8. The third-order valence-corrected chi connectivity index (χ3v) is 7.27. The van der Waals surface area contributed by atoms with Crippen molar-refractivity contribution in [3.8, 4) is 28.1 Å². The zero-order chi connectivity index (χ0) is 27.3. The Kier molecular flexibility index (Phi) is 5.99. The first-order valence-corrected chi connectivity index (χ1v) is 12.6. The number of amides is 1. The second-order valence-electron chi connectivity index (χ2n) is 9.40. The van der Waals surface area contributed by atoms with Gasteiger partial charge < -0.3 is 14.7 Å². The maximum absolute atomic E-state index is 13.5. The molecule has 1 amide bonds. The van der Waals surface area contributed by atoms with E-state index in [1.165, 1.54) is 13.4 Å². The van der Waals surface area contributed by atoms with Gasteiger partial charge in [-0.1, -0.05) is 23.7 Å². The third kappa shape index (κ3) is 4.36. The molecule has 5 aromatic rings. The van der Waals surface area contributed by atoms with Gasteiger partial charge >= 0.3 is 6.09 Å². The van der Waals surface area contributed by atoms with E-state index >= 15 is 0 Å². The van der Waals surface area contributed by atoms with Crippen molar-refractivity contribution < 1.29 is 9.90 Å². The lowest BCUT2D eigenvalue weighted by Crippen LogP contribution is -2.24. The minimum Gasteiger partial charge on any atom is -0.465 e. The number of fused-ring (bicyclic) bond motifs is 1. The quantitative estimate of drug-likeness (QED) is 0.334. The van der Waals surface area contributed by atoms with Gasteiger partial charge in [-0.2, -0.15) is 4.68 Å². The van der Waals surface area contributed by atoms with Crippen molar-refractivity contribution in [2.24, 2.45) is 0 Å². The van der Waals surface area contributed by atoms with Gasteiger partial charge in [-0.25, -0.2) is 9.78 Å². The Labute approximate surface area is 227 Å². The number of halogens is 1. The maximum Gasteiger partial charge on any atom is 0.411 e. The summed E-state index contributed by atoms with van der Waals surface area (Å²) in [5.41, 5.74) is 6.03. The first kappa shape index (κ1) is 24.6. The van der Waals surface area contributed by atoms with Crippen LogP contribution in [0, 0.1) is 6.92 Å². The maximum atomic E-state index is 13.5. The number of hydrogen-bond acceptors (Lipinski definition) is 6. The van der Waals surface area contributed by atoms with E-state index in [0.29, 0.717) is 23.0 Å². The number of tetrazole rings is 1. The summed E-state index contributed by atoms with van der Waals surface area (Å²) >= 11 is 6.31. The van der Waals surface area contributed by atoms with E-state index < -0.39 is 6.09 Å². The van der Waals surface area contributed by atoms with Crippen LogP contribution >= 0.6 is 11.6 Å². The SMILES string of the molecule is Cc1[nH]c([C@@H]2CCc3cc(-c4cc(Cl)ccc4-n4cnnn4)cc(=O)n32)nc1-c1ccc(N(C)C(=O)O)cc1. The van der Waals surface area contributed by atoms with E-state index in [2.05, 4.69) is 20.5 Å². The zero-order valence-electron chi connectivity index (χ0n) is 21.0. The monoisotopic (exact) mass is 542 g/mol. The fourth-order valence-corrected chi connectivity index (χ4v) is 5.27. The highest BCUT2D eigenvalue weighted by Gasteiger charge is 2.29. The molecule has 11 nitrogen and oxygen atoms in total. The van der Waals surface area contributed by atoms with E-state index in [-0.39, 0.29) is 11.6 Å². The van der Waals surface area contributed by atoms with Crippen LogP contribution in [0.3, 0.4) is 0 Å². The molecule has 0 saturated carbocycles. The number of imidazole rings is 1. The molecule has 0 spiro atoms. The largest absolute Gasteiger partial charge is 0.465 e.